The Hall–Kier alpha value is -2.14. The minimum atomic E-state index is -0.0592. The molecule has 2 N–H and O–H groups in total. The number of nitrogens with zero attached hydrogens (tertiary/aromatic N) is 2. The van der Waals surface area contributed by atoms with E-state index in [0.717, 1.165) is 43.9 Å². The zero-order valence-corrected chi connectivity index (χ0v) is 12.2. The Kier molecular flexibility index (Phi) is 4.01. The Morgan fingerprint density at radius 3 is 2.76 bits per heavy atom. The summed E-state index contributed by atoms with van der Waals surface area (Å²) in [5.74, 6) is 0.674. The Balaban J connectivity index is 2.03. The second-order valence-electron chi connectivity index (χ2n) is 5.32. The summed E-state index contributed by atoms with van der Waals surface area (Å²) in [6, 6.07) is 9.87. The molecule has 110 valence electrons. The summed E-state index contributed by atoms with van der Waals surface area (Å²) in [5.41, 5.74) is 2.36. The van der Waals surface area contributed by atoms with Crippen LogP contribution in [0.3, 0.4) is 0 Å². The molecule has 1 fully saturated rings. The summed E-state index contributed by atoms with van der Waals surface area (Å²) < 4.78 is 0. The maximum absolute atomic E-state index is 12.2. The van der Waals surface area contributed by atoms with Crippen LogP contribution in [-0.4, -0.2) is 36.1 Å². The van der Waals surface area contributed by atoms with E-state index in [2.05, 4.69) is 15.2 Å². The number of aromatic amines is 1. The highest BCUT2D eigenvalue weighted by atomic mass is 16.1. The van der Waals surface area contributed by atoms with Gasteiger partial charge in [-0.1, -0.05) is 30.3 Å². The highest BCUT2D eigenvalue weighted by Gasteiger charge is 2.15. The predicted octanol–water partition coefficient (Wildman–Crippen LogP) is 1.55. The van der Waals surface area contributed by atoms with Crippen LogP contribution in [-0.2, 0) is 0 Å². The molecular formula is C16H20N4O. The average Bonchev–Trinajstić information content (AvgIpc) is 2.80. The van der Waals surface area contributed by atoms with Gasteiger partial charge in [0.2, 0.25) is 5.95 Å². The topological polar surface area (TPSA) is 61.0 Å². The lowest BCUT2D eigenvalue weighted by Gasteiger charge is -2.21. The zero-order chi connectivity index (χ0) is 14.7. The molecule has 5 nitrogen and oxygen atoms in total. The molecule has 5 heteroatoms. The van der Waals surface area contributed by atoms with Crippen molar-refractivity contribution in [2.75, 3.05) is 31.1 Å². The molecule has 0 saturated carbocycles. The van der Waals surface area contributed by atoms with E-state index in [-0.39, 0.29) is 5.56 Å². The van der Waals surface area contributed by atoms with Gasteiger partial charge in [-0.15, -0.1) is 0 Å². The molecule has 3 rings (SSSR count). The van der Waals surface area contributed by atoms with E-state index in [9.17, 15) is 4.79 Å². The summed E-state index contributed by atoms with van der Waals surface area (Å²) in [5, 5.41) is 3.36. The van der Waals surface area contributed by atoms with Gasteiger partial charge in [-0.05, 0) is 19.9 Å². The maximum Gasteiger partial charge on any atom is 0.255 e. The van der Waals surface area contributed by atoms with Gasteiger partial charge in [0.1, 0.15) is 0 Å². The van der Waals surface area contributed by atoms with E-state index in [1.807, 2.05) is 37.3 Å². The lowest BCUT2D eigenvalue weighted by molar-refractivity contribution is 0.724. The van der Waals surface area contributed by atoms with Crippen molar-refractivity contribution in [3.8, 4) is 11.3 Å². The van der Waals surface area contributed by atoms with E-state index in [1.54, 1.807) is 0 Å². The van der Waals surface area contributed by atoms with Crippen LogP contribution in [0.4, 0.5) is 5.95 Å². The quantitative estimate of drug-likeness (QED) is 0.878. The van der Waals surface area contributed by atoms with Gasteiger partial charge in [0.15, 0.2) is 0 Å². The molecule has 2 heterocycles. The first kappa shape index (κ1) is 13.8. The van der Waals surface area contributed by atoms with Gasteiger partial charge in [-0.2, -0.15) is 0 Å². The van der Waals surface area contributed by atoms with Crippen molar-refractivity contribution in [1.82, 2.24) is 15.3 Å². The number of nitrogens with one attached hydrogen (secondary N) is 2. The molecule has 0 spiro atoms. The SMILES string of the molecule is Cc1c(-c2ccccc2)nc(N2CCCNCC2)[nH]c1=O. The molecule has 0 radical (unpaired) electrons. The van der Waals surface area contributed by atoms with E-state index in [1.165, 1.54) is 0 Å². The van der Waals surface area contributed by atoms with Crippen molar-refractivity contribution in [2.45, 2.75) is 13.3 Å². The number of hydrogen-bond donors (Lipinski definition) is 2. The van der Waals surface area contributed by atoms with Crippen LogP contribution in [0.5, 0.6) is 0 Å². The van der Waals surface area contributed by atoms with Crippen molar-refractivity contribution < 1.29 is 0 Å². The standard InChI is InChI=1S/C16H20N4O/c1-12-14(13-6-3-2-4-7-13)18-16(19-15(12)21)20-10-5-8-17-9-11-20/h2-4,6-7,17H,5,8-11H2,1H3,(H,18,19,21). The largest absolute Gasteiger partial charge is 0.341 e. The molecule has 0 amide bonds. The maximum atomic E-state index is 12.2. The van der Waals surface area contributed by atoms with Crippen LogP contribution < -0.4 is 15.8 Å². The fourth-order valence-electron chi connectivity index (χ4n) is 2.60. The van der Waals surface area contributed by atoms with E-state index in [0.29, 0.717) is 11.5 Å². The molecule has 0 bridgehead atoms. The summed E-state index contributed by atoms with van der Waals surface area (Å²) in [7, 11) is 0. The summed E-state index contributed by atoms with van der Waals surface area (Å²) >= 11 is 0. The third kappa shape index (κ3) is 2.97. The lowest BCUT2D eigenvalue weighted by atomic mass is 10.1. The molecule has 1 aliphatic heterocycles. The van der Waals surface area contributed by atoms with Crippen molar-refractivity contribution in [1.29, 1.82) is 0 Å². The Morgan fingerprint density at radius 2 is 1.95 bits per heavy atom. The van der Waals surface area contributed by atoms with Gasteiger partial charge in [-0.3, -0.25) is 9.78 Å². The van der Waals surface area contributed by atoms with E-state index >= 15 is 0 Å². The smallest absolute Gasteiger partial charge is 0.255 e. The first-order valence-electron chi connectivity index (χ1n) is 7.38. The molecule has 1 aromatic heterocycles. The fraction of sp³-hybridized carbons (Fsp3) is 0.375. The molecule has 0 atom stereocenters. The molecule has 1 aliphatic rings. The normalized spacial score (nSPS) is 15.8. The number of H-pyrrole nitrogens is 1. The van der Waals surface area contributed by atoms with Crippen LogP contribution in [0.1, 0.15) is 12.0 Å². The van der Waals surface area contributed by atoms with Crippen LogP contribution in [0, 0.1) is 6.92 Å². The number of anilines is 1. The Bertz CT molecular complexity index is 658. The summed E-state index contributed by atoms with van der Waals surface area (Å²) in [6.07, 6.45) is 1.05. The average molecular weight is 284 g/mol. The first-order chi connectivity index (χ1) is 10.3. The summed E-state index contributed by atoms with van der Waals surface area (Å²) in [4.78, 5) is 22.0. The van der Waals surface area contributed by atoms with Crippen LogP contribution >= 0.6 is 0 Å². The zero-order valence-electron chi connectivity index (χ0n) is 12.2. The van der Waals surface area contributed by atoms with Crippen LogP contribution in [0.25, 0.3) is 11.3 Å². The van der Waals surface area contributed by atoms with E-state index in [4.69, 9.17) is 4.98 Å². The highest BCUT2D eigenvalue weighted by Crippen LogP contribution is 2.20. The van der Waals surface area contributed by atoms with Crippen LogP contribution in [0.2, 0.25) is 0 Å². The van der Waals surface area contributed by atoms with Crippen molar-refractivity contribution in [2.24, 2.45) is 0 Å². The molecule has 0 aliphatic carbocycles. The van der Waals surface area contributed by atoms with Gasteiger partial charge in [-0.25, -0.2) is 4.98 Å². The number of benzene rings is 1. The second-order valence-corrected chi connectivity index (χ2v) is 5.32. The lowest BCUT2D eigenvalue weighted by Crippen LogP contribution is -2.31. The molecule has 1 aromatic carbocycles. The minimum absolute atomic E-state index is 0.0592. The Labute approximate surface area is 124 Å². The van der Waals surface area contributed by atoms with Crippen molar-refractivity contribution >= 4 is 5.95 Å². The molecule has 0 unspecified atom stereocenters. The van der Waals surface area contributed by atoms with Crippen molar-refractivity contribution in [3.63, 3.8) is 0 Å². The molecular weight excluding hydrogens is 264 g/mol. The van der Waals surface area contributed by atoms with Gasteiger partial charge >= 0.3 is 0 Å². The number of hydrogen-bond acceptors (Lipinski definition) is 4. The third-order valence-electron chi connectivity index (χ3n) is 3.83. The number of aromatic nitrogens is 2. The molecule has 2 aromatic rings. The second kappa shape index (κ2) is 6.10. The van der Waals surface area contributed by atoms with Gasteiger partial charge in [0, 0.05) is 30.8 Å². The van der Waals surface area contributed by atoms with Gasteiger partial charge < -0.3 is 10.2 Å². The van der Waals surface area contributed by atoms with Crippen LogP contribution in [0.15, 0.2) is 35.1 Å². The first-order valence-corrected chi connectivity index (χ1v) is 7.38. The number of rotatable bonds is 2. The van der Waals surface area contributed by atoms with Crippen molar-refractivity contribution in [3.05, 3.63) is 46.2 Å². The molecule has 1 saturated heterocycles. The van der Waals surface area contributed by atoms with Gasteiger partial charge in [0.25, 0.3) is 5.56 Å². The highest BCUT2D eigenvalue weighted by molar-refractivity contribution is 5.63. The predicted molar refractivity (Wildman–Crippen MR) is 84.7 cm³/mol. The fourth-order valence-corrected chi connectivity index (χ4v) is 2.60. The molecule has 21 heavy (non-hydrogen) atoms. The Morgan fingerprint density at radius 1 is 1.14 bits per heavy atom. The minimum Gasteiger partial charge on any atom is -0.341 e. The van der Waals surface area contributed by atoms with Gasteiger partial charge in [0.05, 0.1) is 5.69 Å². The van der Waals surface area contributed by atoms with E-state index < -0.39 is 0 Å². The third-order valence-corrected chi connectivity index (χ3v) is 3.83. The summed E-state index contributed by atoms with van der Waals surface area (Å²) in [6.45, 7) is 5.52. The monoisotopic (exact) mass is 284 g/mol.